The van der Waals surface area contributed by atoms with Gasteiger partial charge in [-0.25, -0.2) is 4.79 Å². The van der Waals surface area contributed by atoms with Crippen molar-refractivity contribution in [3.63, 3.8) is 0 Å². The summed E-state index contributed by atoms with van der Waals surface area (Å²) in [6, 6.07) is 3.47. The summed E-state index contributed by atoms with van der Waals surface area (Å²) >= 11 is 6.95. The number of ether oxygens (including phenoxy) is 1. The Bertz CT molecular complexity index is 921. The molecule has 3 heterocycles. The fraction of sp³-hybridized carbons (Fsp3) is 0.600. The van der Waals surface area contributed by atoms with E-state index in [-0.39, 0.29) is 5.91 Å². The van der Waals surface area contributed by atoms with E-state index in [9.17, 15) is 9.59 Å². The van der Waals surface area contributed by atoms with Crippen molar-refractivity contribution < 1.29 is 14.3 Å². The van der Waals surface area contributed by atoms with E-state index in [0.717, 1.165) is 17.7 Å². The van der Waals surface area contributed by atoms with E-state index in [4.69, 9.17) is 17.0 Å². The summed E-state index contributed by atoms with van der Waals surface area (Å²) in [7, 11) is 0. The van der Waals surface area contributed by atoms with Crippen molar-refractivity contribution >= 4 is 35.6 Å². The Kier molecular flexibility index (Phi) is 6.97. The number of hydrogen-bond donors (Lipinski definition) is 2. The maximum atomic E-state index is 13.1. The number of piperidine rings is 1. The number of aromatic nitrogens is 3. The van der Waals surface area contributed by atoms with Crippen LogP contribution in [0.3, 0.4) is 0 Å². The third kappa shape index (κ3) is 5.48. The number of amides is 2. The maximum Gasteiger partial charge on any atom is 0.407 e. The van der Waals surface area contributed by atoms with E-state index < -0.39 is 17.7 Å². The quantitative estimate of drug-likeness (QED) is 0.671. The second-order valence-electron chi connectivity index (χ2n) is 8.53. The average Bonchev–Trinajstić information content (AvgIpc) is 3.34. The van der Waals surface area contributed by atoms with Crippen molar-refractivity contribution in [1.29, 1.82) is 0 Å². The number of carbonyl (C=O) groups excluding carboxylic acids is 2. The van der Waals surface area contributed by atoms with Crippen LogP contribution in [0.1, 0.15) is 46.6 Å². The highest BCUT2D eigenvalue weighted by atomic mass is 32.1. The van der Waals surface area contributed by atoms with Crippen molar-refractivity contribution in [1.82, 2.24) is 25.0 Å². The zero-order valence-corrected chi connectivity index (χ0v) is 19.4. The number of aromatic amines is 1. The fourth-order valence-corrected chi connectivity index (χ4v) is 4.52. The van der Waals surface area contributed by atoms with Gasteiger partial charge < -0.3 is 15.0 Å². The van der Waals surface area contributed by atoms with Crippen molar-refractivity contribution in [3.05, 3.63) is 22.3 Å². The second kappa shape index (κ2) is 9.30. The summed E-state index contributed by atoms with van der Waals surface area (Å²) in [6.07, 6.45) is 1.27. The molecular formula is C20H29N5O3S2. The first-order valence-electron chi connectivity index (χ1n) is 10.1. The minimum Gasteiger partial charge on any atom is -0.444 e. The molecule has 1 aliphatic heterocycles. The fourth-order valence-electron chi connectivity index (χ4n) is 3.52. The molecule has 8 nitrogen and oxygen atoms in total. The third-order valence-corrected chi connectivity index (χ3v) is 6.20. The zero-order chi connectivity index (χ0) is 21.9. The molecule has 0 spiro atoms. The molecule has 0 radical (unpaired) electrons. The average molecular weight is 452 g/mol. The van der Waals surface area contributed by atoms with E-state index >= 15 is 0 Å². The van der Waals surface area contributed by atoms with Crippen molar-refractivity contribution in [2.24, 2.45) is 5.92 Å². The van der Waals surface area contributed by atoms with Gasteiger partial charge in [-0.3, -0.25) is 14.5 Å². The third-order valence-electron chi connectivity index (χ3n) is 5.05. The Hall–Kier alpha value is -2.20. The number of nitrogens with one attached hydrogen (secondary N) is 2. The minimum absolute atomic E-state index is 0.0313. The molecule has 2 N–H and O–H groups in total. The lowest BCUT2D eigenvalue weighted by atomic mass is 9.96. The minimum atomic E-state index is -0.508. The van der Waals surface area contributed by atoms with Gasteiger partial charge >= 0.3 is 6.09 Å². The summed E-state index contributed by atoms with van der Waals surface area (Å²) in [6.45, 7) is 9.26. The molecule has 2 aromatic rings. The predicted molar refractivity (Wildman–Crippen MR) is 119 cm³/mol. The normalized spacial score (nSPS) is 16.3. The number of hydrogen-bond acceptors (Lipinski definition) is 6. The first kappa shape index (κ1) is 22.5. The zero-order valence-electron chi connectivity index (χ0n) is 17.8. The SMILES string of the molecule is CC(C(=O)N1CCC(CNC(=O)OC(C)(C)C)CC1)n1c(-c2cccs2)n[nH]c1=S. The first-order valence-corrected chi connectivity index (χ1v) is 11.4. The van der Waals surface area contributed by atoms with Crippen LogP contribution in [0.5, 0.6) is 0 Å². The molecule has 1 aliphatic rings. The largest absolute Gasteiger partial charge is 0.444 e. The first-order chi connectivity index (χ1) is 14.2. The number of H-pyrrole nitrogens is 1. The van der Waals surface area contributed by atoms with Gasteiger partial charge in [0.05, 0.1) is 4.88 Å². The molecule has 1 saturated heterocycles. The summed E-state index contributed by atoms with van der Waals surface area (Å²) in [5.74, 6) is 1.05. The van der Waals surface area contributed by atoms with Crippen LogP contribution < -0.4 is 5.32 Å². The highest BCUT2D eigenvalue weighted by Crippen LogP contribution is 2.27. The van der Waals surface area contributed by atoms with Gasteiger partial charge in [0.15, 0.2) is 10.6 Å². The lowest BCUT2D eigenvalue weighted by molar-refractivity contribution is -0.135. The van der Waals surface area contributed by atoms with E-state index in [1.54, 1.807) is 15.9 Å². The van der Waals surface area contributed by atoms with E-state index in [0.29, 0.717) is 36.1 Å². The molecule has 0 saturated carbocycles. The molecule has 30 heavy (non-hydrogen) atoms. The van der Waals surface area contributed by atoms with Crippen molar-refractivity contribution in [3.8, 4) is 10.7 Å². The smallest absolute Gasteiger partial charge is 0.407 e. The van der Waals surface area contributed by atoms with Crippen LogP contribution in [0.2, 0.25) is 0 Å². The molecule has 0 bridgehead atoms. The molecule has 2 aromatic heterocycles. The van der Waals surface area contributed by atoms with Crippen LogP contribution in [0.15, 0.2) is 17.5 Å². The topological polar surface area (TPSA) is 92.2 Å². The summed E-state index contributed by atoms with van der Waals surface area (Å²) in [5, 5.41) is 11.9. The van der Waals surface area contributed by atoms with Crippen LogP contribution >= 0.6 is 23.6 Å². The lowest BCUT2D eigenvalue weighted by Gasteiger charge is -2.34. The highest BCUT2D eigenvalue weighted by Gasteiger charge is 2.29. The Morgan fingerprint density at radius 1 is 1.40 bits per heavy atom. The number of rotatable bonds is 5. The number of nitrogens with zero attached hydrogens (tertiary/aromatic N) is 3. The van der Waals surface area contributed by atoms with Gasteiger partial charge in [0.25, 0.3) is 0 Å². The number of carbonyl (C=O) groups is 2. The summed E-state index contributed by atoms with van der Waals surface area (Å²) in [5.41, 5.74) is -0.508. The van der Waals surface area contributed by atoms with Crippen LogP contribution in [-0.2, 0) is 9.53 Å². The van der Waals surface area contributed by atoms with E-state index in [1.807, 2.05) is 50.1 Å². The molecule has 3 rings (SSSR count). The summed E-state index contributed by atoms with van der Waals surface area (Å²) in [4.78, 5) is 27.8. The molecule has 1 fully saturated rings. The van der Waals surface area contributed by atoms with Crippen molar-refractivity contribution in [2.75, 3.05) is 19.6 Å². The van der Waals surface area contributed by atoms with E-state index in [2.05, 4.69) is 15.5 Å². The predicted octanol–water partition coefficient (Wildman–Crippen LogP) is 3.99. The molecule has 0 aliphatic carbocycles. The lowest BCUT2D eigenvalue weighted by Crippen LogP contribution is -2.44. The van der Waals surface area contributed by atoms with Crippen LogP contribution in [0.25, 0.3) is 10.7 Å². The highest BCUT2D eigenvalue weighted by molar-refractivity contribution is 7.71. The van der Waals surface area contributed by atoms with Gasteiger partial charge in [0, 0.05) is 19.6 Å². The summed E-state index contributed by atoms with van der Waals surface area (Å²) < 4.78 is 7.51. The standard InChI is InChI=1S/C20H29N5O3S2/c1-13(25-16(22-23-18(25)29)15-6-5-11-30-15)17(26)24-9-7-14(8-10-24)12-21-19(27)28-20(2,3)4/h5-6,11,13-14H,7-10,12H2,1-4H3,(H,21,27)(H,23,29). The molecule has 10 heteroatoms. The van der Waals surface area contributed by atoms with Crippen LogP contribution in [0.4, 0.5) is 4.79 Å². The van der Waals surface area contributed by atoms with Gasteiger partial charge in [-0.1, -0.05) is 6.07 Å². The van der Waals surface area contributed by atoms with Gasteiger partial charge in [0.2, 0.25) is 5.91 Å². The number of thiophene rings is 1. The second-order valence-corrected chi connectivity index (χ2v) is 9.86. The number of alkyl carbamates (subject to hydrolysis) is 1. The molecular weight excluding hydrogens is 422 g/mol. The molecule has 0 aromatic carbocycles. The monoisotopic (exact) mass is 451 g/mol. The molecule has 164 valence electrons. The van der Waals surface area contributed by atoms with Crippen LogP contribution in [-0.4, -0.2) is 56.9 Å². The van der Waals surface area contributed by atoms with E-state index in [1.165, 1.54) is 0 Å². The maximum absolute atomic E-state index is 13.1. The van der Waals surface area contributed by atoms with Crippen LogP contribution in [0, 0.1) is 10.7 Å². The van der Waals surface area contributed by atoms with Gasteiger partial charge in [-0.05, 0) is 70.1 Å². The Labute approximate surface area is 185 Å². The molecule has 2 amide bonds. The van der Waals surface area contributed by atoms with Crippen molar-refractivity contribution in [2.45, 2.75) is 52.2 Å². The van der Waals surface area contributed by atoms with Gasteiger partial charge in [0.1, 0.15) is 11.6 Å². The Balaban J connectivity index is 1.55. The number of likely N-dealkylation sites (tertiary alicyclic amines) is 1. The van der Waals surface area contributed by atoms with Gasteiger partial charge in [-0.15, -0.1) is 11.3 Å². The van der Waals surface area contributed by atoms with Gasteiger partial charge in [-0.2, -0.15) is 5.10 Å². The molecule has 1 atom stereocenters. The molecule has 1 unspecified atom stereocenters. The Morgan fingerprint density at radius 3 is 2.70 bits per heavy atom. The Morgan fingerprint density at radius 2 is 2.10 bits per heavy atom.